The van der Waals surface area contributed by atoms with E-state index in [9.17, 15) is 14.4 Å². The summed E-state index contributed by atoms with van der Waals surface area (Å²) in [5, 5.41) is 12.2. The SMILES string of the molecule is CCCOc1ccc(N2C(=O)C[C@@H](Nc3cc(C(=O)O)ccc3C)C2=O)cc1. The molecule has 2 aromatic rings. The molecule has 0 spiro atoms. The first-order chi connectivity index (χ1) is 13.4. The Balaban J connectivity index is 1.77. The summed E-state index contributed by atoms with van der Waals surface area (Å²) in [4.78, 5) is 37.6. The van der Waals surface area contributed by atoms with Crippen LogP contribution in [0.4, 0.5) is 11.4 Å². The van der Waals surface area contributed by atoms with Crippen LogP contribution in [0.1, 0.15) is 35.7 Å². The number of carbonyl (C=O) groups is 3. The van der Waals surface area contributed by atoms with E-state index >= 15 is 0 Å². The summed E-state index contributed by atoms with van der Waals surface area (Å²) in [5.41, 5.74) is 1.92. The molecule has 1 aliphatic rings. The quantitative estimate of drug-likeness (QED) is 0.714. The van der Waals surface area contributed by atoms with Gasteiger partial charge in [-0.3, -0.25) is 9.59 Å². The molecule has 2 aromatic carbocycles. The number of aromatic carboxylic acids is 1. The zero-order chi connectivity index (χ0) is 20.3. The van der Waals surface area contributed by atoms with Gasteiger partial charge in [0.25, 0.3) is 5.91 Å². The molecular weight excluding hydrogens is 360 g/mol. The Kier molecular flexibility index (Phi) is 5.63. The van der Waals surface area contributed by atoms with E-state index in [2.05, 4.69) is 5.32 Å². The third-order valence-corrected chi connectivity index (χ3v) is 4.53. The highest BCUT2D eigenvalue weighted by atomic mass is 16.5. The van der Waals surface area contributed by atoms with Crippen molar-refractivity contribution in [3.05, 3.63) is 53.6 Å². The topological polar surface area (TPSA) is 95.9 Å². The number of nitrogens with zero attached hydrogens (tertiary/aromatic N) is 1. The first-order valence-corrected chi connectivity index (χ1v) is 9.11. The Hall–Kier alpha value is -3.35. The molecule has 2 amide bonds. The fraction of sp³-hybridized carbons (Fsp3) is 0.286. The number of hydrogen-bond acceptors (Lipinski definition) is 5. The number of hydrogen-bond donors (Lipinski definition) is 2. The van der Waals surface area contributed by atoms with Crippen LogP contribution in [0.5, 0.6) is 5.75 Å². The number of imide groups is 1. The minimum atomic E-state index is -1.05. The summed E-state index contributed by atoms with van der Waals surface area (Å²) < 4.78 is 5.52. The maximum Gasteiger partial charge on any atom is 0.335 e. The molecule has 0 unspecified atom stereocenters. The van der Waals surface area contributed by atoms with Gasteiger partial charge in [-0.05, 0) is 55.3 Å². The predicted molar refractivity (Wildman–Crippen MR) is 105 cm³/mol. The molecule has 3 rings (SSSR count). The molecule has 1 atom stereocenters. The fourth-order valence-electron chi connectivity index (χ4n) is 3.03. The highest BCUT2D eigenvalue weighted by Gasteiger charge is 2.39. The summed E-state index contributed by atoms with van der Waals surface area (Å²) in [6, 6.07) is 10.7. The Bertz CT molecular complexity index is 908. The molecule has 146 valence electrons. The van der Waals surface area contributed by atoms with Crippen molar-refractivity contribution in [3.8, 4) is 5.75 Å². The average Bonchev–Trinajstić information content (AvgIpc) is 2.95. The molecule has 1 aliphatic heterocycles. The van der Waals surface area contributed by atoms with Gasteiger partial charge in [0, 0.05) is 5.69 Å². The van der Waals surface area contributed by atoms with E-state index in [1.54, 1.807) is 30.3 Å². The Labute approximate surface area is 162 Å². The molecule has 1 heterocycles. The molecule has 28 heavy (non-hydrogen) atoms. The van der Waals surface area contributed by atoms with Gasteiger partial charge in [-0.15, -0.1) is 0 Å². The van der Waals surface area contributed by atoms with Gasteiger partial charge in [0.2, 0.25) is 5.91 Å². The number of nitrogens with one attached hydrogen (secondary N) is 1. The number of rotatable bonds is 7. The summed E-state index contributed by atoms with van der Waals surface area (Å²) >= 11 is 0. The van der Waals surface area contributed by atoms with Crippen molar-refractivity contribution >= 4 is 29.2 Å². The normalized spacial score (nSPS) is 16.4. The Morgan fingerprint density at radius 2 is 1.93 bits per heavy atom. The average molecular weight is 382 g/mol. The lowest BCUT2D eigenvalue weighted by atomic mass is 10.1. The van der Waals surface area contributed by atoms with Crippen LogP contribution in [0, 0.1) is 6.92 Å². The third kappa shape index (κ3) is 3.98. The molecule has 1 saturated heterocycles. The minimum Gasteiger partial charge on any atom is -0.494 e. The van der Waals surface area contributed by atoms with E-state index in [1.165, 1.54) is 12.1 Å². The number of carbonyl (C=O) groups excluding carboxylic acids is 2. The smallest absolute Gasteiger partial charge is 0.335 e. The molecule has 0 aromatic heterocycles. The first kappa shape index (κ1) is 19.4. The second-order valence-electron chi connectivity index (χ2n) is 6.65. The van der Waals surface area contributed by atoms with E-state index in [-0.39, 0.29) is 23.8 Å². The molecule has 0 saturated carbocycles. The maximum absolute atomic E-state index is 12.8. The molecule has 7 heteroatoms. The van der Waals surface area contributed by atoms with Gasteiger partial charge in [-0.1, -0.05) is 13.0 Å². The van der Waals surface area contributed by atoms with Crippen LogP contribution in [0.2, 0.25) is 0 Å². The number of carboxylic acids is 1. The minimum absolute atomic E-state index is 0.00363. The van der Waals surface area contributed by atoms with Crippen LogP contribution in [0.15, 0.2) is 42.5 Å². The molecule has 0 bridgehead atoms. The van der Waals surface area contributed by atoms with Gasteiger partial charge in [-0.2, -0.15) is 0 Å². The van der Waals surface area contributed by atoms with Gasteiger partial charge >= 0.3 is 5.97 Å². The van der Waals surface area contributed by atoms with E-state index in [0.29, 0.717) is 23.7 Å². The lowest BCUT2D eigenvalue weighted by Crippen LogP contribution is -2.34. The molecule has 7 nitrogen and oxygen atoms in total. The van der Waals surface area contributed by atoms with Gasteiger partial charge < -0.3 is 15.2 Å². The third-order valence-electron chi connectivity index (χ3n) is 4.53. The number of carboxylic acid groups (broad SMARTS) is 1. The maximum atomic E-state index is 12.8. The van der Waals surface area contributed by atoms with Crippen molar-refractivity contribution in [2.45, 2.75) is 32.7 Å². The number of aryl methyl sites for hydroxylation is 1. The summed E-state index contributed by atoms with van der Waals surface area (Å²) in [6.45, 7) is 4.42. The van der Waals surface area contributed by atoms with Gasteiger partial charge in [0.1, 0.15) is 11.8 Å². The van der Waals surface area contributed by atoms with Crippen molar-refractivity contribution in [2.75, 3.05) is 16.8 Å². The second-order valence-corrected chi connectivity index (χ2v) is 6.65. The molecule has 0 aliphatic carbocycles. The van der Waals surface area contributed by atoms with Crippen LogP contribution in [-0.2, 0) is 9.59 Å². The van der Waals surface area contributed by atoms with E-state index in [0.717, 1.165) is 16.9 Å². The van der Waals surface area contributed by atoms with E-state index in [1.807, 2.05) is 13.8 Å². The Morgan fingerprint density at radius 3 is 2.57 bits per heavy atom. The standard InChI is InChI=1S/C21H22N2O5/c1-3-10-28-16-8-6-15(7-9-16)23-19(24)12-18(20(23)25)22-17-11-14(21(26)27)5-4-13(17)2/h4-9,11,18,22H,3,10,12H2,1-2H3,(H,26,27)/t18-/m1/s1. The number of ether oxygens (including phenoxy) is 1. The lowest BCUT2D eigenvalue weighted by molar-refractivity contribution is -0.121. The number of anilines is 2. The largest absolute Gasteiger partial charge is 0.494 e. The van der Waals surface area contributed by atoms with E-state index in [4.69, 9.17) is 9.84 Å². The number of amides is 2. The Morgan fingerprint density at radius 1 is 1.21 bits per heavy atom. The summed E-state index contributed by atoms with van der Waals surface area (Å²) in [5.74, 6) is -1.05. The van der Waals surface area contributed by atoms with Crippen LogP contribution in [0.3, 0.4) is 0 Å². The summed E-state index contributed by atoms with van der Waals surface area (Å²) in [7, 11) is 0. The summed E-state index contributed by atoms with van der Waals surface area (Å²) in [6.07, 6.45) is 0.893. The zero-order valence-corrected chi connectivity index (χ0v) is 15.8. The van der Waals surface area contributed by atoms with Gasteiger partial charge in [-0.25, -0.2) is 9.69 Å². The van der Waals surface area contributed by atoms with Gasteiger partial charge in [0.05, 0.1) is 24.3 Å². The molecule has 0 radical (unpaired) electrons. The van der Waals surface area contributed by atoms with Crippen LogP contribution < -0.4 is 15.0 Å². The lowest BCUT2D eigenvalue weighted by Gasteiger charge is -2.17. The van der Waals surface area contributed by atoms with Crippen LogP contribution in [0.25, 0.3) is 0 Å². The van der Waals surface area contributed by atoms with Crippen LogP contribution >= 0.6 is 0 Å². The highest BCUT2D eigenvalue weighted by molar-refractivity contribution is 6.23. The fourth-order valence-corrected chi connectivity index (χ4v) is 3.03. The highest BCUT2D eigenvalue weighted by Crippen LogP contribution is 2.28. The second kappa shape index (κ2) is 8.12. The first-order valence-electron chi connectivity index (χ1n) is 9.11. The van der Waals surface area contributed by atoms with Crippen molar-refractivity contribution in [1.82, 2.24) is 0 Å². The van der Waals surface area contributed by atoms with Crippen molar-refractivity contribution in [2.24, 2.45) is 0 Å². The van der Waals surface area contributed by atoms with Crippen molar-refractivity contribution in [1.29, 1.82) is 0 Å². The van der Waals surface area contributed by atoms with E-state index < -0.39 is 12.0 Å². The van der Waals surface area contributed by atoms with Crippen LogP contribution in [-0.4, -0.2) is 35.5 Å². The predicted octanol–water partition coefficient (Wildman–Crippen LogP) is 3.23. The monoisotopic (exact) mass is 382 g/mol. The van der Waals surface area contributed by atoms with Crippen molar-refractivity contribution < 1.29 is 24.2 Å². The number of benzene rings is 2. The van der Waals surface area contributed by atoms with Gasteiger partial charge in [0.15, 0.2) is 0 Å². The molecule has 1 fully saturated rings. The zero-order valence-electron chi connectivity index (χ0n) is 15.8. The molecular formula is C21H22N2O5. The van der Waals surface area contributed by atoms with Crippen molar-refractivity contribution in [3.63, 3.8) is 0 Å². The molecule has 2 N–H and O–H groups in total.